The third kappa shape index (κ3) is 4.52. The predicted molar refractivity (Wildman–Crippen MR) is 78.6 cm³/mol. The Balaban J connectivity index is 3.16. The number of rotatable bonds is 7. The highest BCUT2D eigenvalue weighted by Gasteiger charge is 2.26. The van der Waals surface area contributed by atoms with Crippen molar-refractivity contribution in [1.82, 2.24) is 4.72 Å². The quantitative estimate of drug-likeness (QED) is 0.770. The summed E-state index contributed by atoms with van der Waals surface area (Å²) in [6, 6.07) is 5.55. The molecule has 0 saturated carbocycles. The van der Waals surface area contributed by atoms with E-state index in [0.717, 1.165) is 0 Å². The molecule has 0 aliphatic heterocycles. The zero-order valence-electron chi connectivity index (χ0n) is 12.6. The minimum atomic E-state index is -3.84. The molecule has 0 radical (unpaired) electrons. The van der Waals surface area contributed by atoms with E-state index in [0.29, 0.717) is 0 Å². The number of methoxy groups -OCH3 is 2. The highest BCUT2D eigenvalue weighted by Crippen LogP contribution is 2.18. The monoisotopic (exact) mass is 315 g/mol. The van der Waals surface area contributed by atoms with E-state index in [1.807, 2.05) is 13.8 Å². The van der Waals surface area contributed by atoms with E-state index < -0.39 is 16.0 Å². The van der Waals surface area contributed by atoms with Crippen LogP contribution < -0.4 is 4.72 Å². The molecule has 0 aliphatic rings. The Bertz CT molecular complexity index is 583. The zero-order valence-corrected chi connectivity index (χ0v) is 13.4. The van der Waals surface area contributed by atoms with Crippen molar-refractivity contribution in [3.8, 4) is 0 Å². The van der Waals surface area contributed by atoms with Crippen LogP contribution in [0.3, 0.4) is 0 Å². The molecule has 118 valence electrons. The maximum atomic E-state index is 12.5. The number of nitrogens with one attached hydrogen (secondary N) is 1. The summed E-state index contributed by atoms with van der Waals surface area (Å²) < 4.78 is 37.2. The van der Waals surface area contributed by atoms with Crippen LogP contribution in [0.5, 0.6) is 0 Å². The Kier molecular flexibility index (Phi) is 6.32. The van der Waals surface area contributed by atoms with Crippen LogP contribution in [0, 0.1) is 5.92 Å². The van der Waals surface area contributed by atoms with E-state index in [1.54, 1.807) is 12.1 Å². The van der Waals surface area contributed by atoms with Crippen LogP contribution in [0.4, 0.5) is 0 Å². The Morgan fingerprint density at radius 2 is 1.86 bits per heavy atom. The van der Waals surface area contributed by atoms with Gasteiger partial charge in [0.1, 0.15) is 0 Å². The summed E-state index contributed by atoms with van der Waals surface area (Å²) >= 11 is 0. The molecule has 0 aliphatic carbocycles. The van der Waals surface area contributed by atoms with E-state index in [4.69, 9.17) is 4.74 Å². The molecule has 7 heteroatoms. The summed E-state index contributed by atoms with van der Waals surface area (Å²) in [5, 5.41) is 0. The summed E-state index contributed by atoms with van der Waals surface area (Å²) in [6.07, 6.45) is 0. The van der Waals surface area contributed by atoms with Crippen molar-refractivity contribution in [2.75, 3.05) is 20.8 Å². The van der Waals surface area contributed by atoms with Crippen molar-refractivity contribution in [3.63, 3.8) is 0 Å². The highest BCUT2D eigenvalue weighted by molar-refractivity contribution is 7.89. The third-order valence-corrected chi connectivity index (χ3v) is 4.59. The van der Waals surface area contributed by atoms with Gasteiger partial charge in [-0.2, -0.15) is 0 Å². The maximum Gasteiger partial charge on any atom is 0.339 e. The smallest absolute Gasteiger partial charge is 0.339 e. The number of carbonyl (C=O) groups is 1. The Morgan fingerprint density at radius 1 is 1.24 bits per heavy atom. The number of sulfonamides is 1. The molecule has 1 unspecified atom stereocenters. The van der Waals surface area contributed by atoms with Gasteiger partial charge in [-0.25, -0.2) is 17.9 Å². The second-order valence-electron chi connectivity index (χ2n) is 4.91. The fourth-order valence-corrected chi connectivity index (χ4v) is 3.35. The van der Waals surface area contributed by atoms with Gasteiger partial charge in [0, 0.05) is 13.2 Å². The molecule has 6 nitrogen and oxygen atoms in total. The highest BCUT2D eigenvalue weighted by atomic mass is 32.2. The largest absolute Gasteiger partial charge is 0.465 e. The van der Waals surface area contributed by atoms with Gasteiger partial charge in [-0.05, 0) is 18.1 Å². The molecule has 0 saturated heterocycles. The molecule has 1 aromatic rings. The molecule has 0 spiro atoms. The lowest BCUT2D eigenvalue weighted by Crippen LogP contribution is -2.42. The van der Waals surface area contributed by atoms with Crippen LogP contribution in [-0.2, 0) is 19.5 Å². The molecule has 0 amide bonds. The van der Waals surface area contributed by atoms with Gasteiger partial charge in [0.2, 0.25) is 10.0 Å². The molecule has 1 rings (SSSR count). The van der Waals surface area contributed by atoms with Crippen molar-refractivity contribution in [1.29, 1.82) is 0 Å². The van der Waals surface area contributed by atoms with Gasteiger partial charge < -0.3 is 9.47 Å². The Labute approximate surface area is 125 Å². The third-order valence-electron chi connectivity index (χ3n) is 3.04. The molecule has 0 fully saturated rings. The lowest BCUT2D eigenvalue weighted by molar-refractivity contribution is 0.0596. The average molecular weight is 315 g/mol. The number of hydrogen-bond acceptors (Lipinski definition) is 5. The van der Waals surface area contributed by atoms with Crippen LogP contribution in [0.1, 0.15) is 24.2 Å². The lowest BCUT2D eigenvalue weighted by atomic mass is 10.1. The first-order valence-corrected chi connectivity index (χ1v) is 8.00. The van der Waals surface area contributed by atoms with Crippen LogP contribution >= 0.6 is 0 Å². The molecule has 1 N–H and O–H groups in total. The molecule has 0 bridgehead atoms. The molecule has 0 heterocycles. The molecular formula is C14H21NO5S. The molecule has 21 heavy (non-hydrogen) atoms. The summed E-state index contributed by atoms with van der Waals surface area (Å²) in [5.74, 6) is -0.645. The minimum Gasteiger partial charge on any atom is -0.465 e. The molecule has 1 aromatic carbocycles. The molecule has 0 aromatic heterocycles. The van der Waals surface area contributed by atoms with Crippen LogP contribution in [-0.4, -0.2) is 41.3 Å². The van der Waals surface area contributed by atoms with Crippen molar-refractivity contribution in [2.45, 2.75) is 24.8 Å². The van der Waals surface area contributed by atoms with Gasteiger partial charge in [-0.1, -0.05) is 26.0 Å². The van der Waals surface area contributed by atoms with Crippen molar-refractivity contribution in [2.24, 2.45) is 5.92 Å². The van der Waals surface area contributed by atoms with Gasteiger partial charge in [0.25, 0.3) is 0 Å². The fourth-order valence-electron chi connectivity index (χ4n) is 1.78. The second-order valence-corrected chi connectivity index (χ2v) is 6.60. The first-order chi connectivity index (χ1) is 9.83. The minimum absolute atomic E-state index is 0.00687. The van der Waals surface area contributed by atoms with Crippen molar-refractivity contribution < 1.29 is 22.7 Å². The second kappa shape index (κ2) is 7.53. The summed E-state index contributed by atoms with van der Waals surface area (Å²) in [6.45, 7) is 4.02. The molecule has 1 atom stereocenters. The number of benzene rings is 1. The lowest BCUT2D eigenvalue weighted by Gasteiger charge is -2.22. The Morgan fingerprint density at radius 3 is 2.38 bits per heavy atom. The number of esters is 1. The van der Waals surface area contributed by atoms with Crippen molar-refractivity contribution >= 4 is 16.0 Å². The van der Waals surface area contributed by atoms with Gasteiger partial charge in [0.05, 0.1) is 24.2 Å². The molecular weight excluding hydrogens is 294 g/mol. The maximum absolute atomic E-state index is 12.5. The normalized spacial score (nSPS) is 13.2. The summed E-state index contributed by atoms with van der Waals surface area (Å²) in [5.41, 5.74) is 0.00687. The van der Waals surface area contributed by atoms with E-state index in [2.05, 4.69) is 9.46 Å². The van der Waals surface area contributed by atoms with Crippen molar-refractivity contribution in [3.05, 3.63) is 29.8 Å². The van der Waals surface area contributed by atoms with E-state index in [9.17, 15) is 13.2 Å². The first kappa shape index (κ1) is 17.6. The van der Waals surface area contributed by atoms with Gasteiger partial charge >= 0.3 is 5.97 Å². The Hall–Kier alpha value is -1.44. The number of hydrogen-bond donors (Lipinski definition) is 1. The first-order valence-electron chi connectivity index (χ1n) is 6.52. The van der Waals surface area contributed by atoms with E-state index >= 15 is 0 Å². The predicted octanol–water partition coefficient (Wildman–Crippen LogP) is 1.42. The van der Waals surface area contributed by atoms with Crippen LogP contribution in [0.15, 0.2) is 29.2 Å². The average Bonchev–Trinajstić information content (AvgIpc) is 2.45. The van der Waals surface area contributed by atoms with Gasteiger partial charge in [0.15, 0.2) is 0 Å². The summed E-state index contributed by atoms with van der Waals surface area (Å²) in [4.78, 5) is 11.6. The van der Waals surface area contributed by atoms with Crippen LogP contribution in [0.2, 0.25) is 0 Å². The van der Waals surface area contributed by atoms with E-state index in [-0.39, 0.29) is 29.0 Å². The summed E-state index contributed by atoms with van der Waals surface area (Å²) in [7, 11) is -1.13. The van der Waals surface area contributed by atoms with Crippen LogP contribution in [0.25, 0.3) is 0 Å². The number of carbonyl (C=O) groups excluding carboxylic acids is 1. The van der Waals surface area contributed by atoms with E-state index in [1.165, 1.54) is 26.4 Å². The van der Waals surface area contributed by atoms with Gasteiger partial charge in [-0.15, -0.1) is 0 Å². The standard InChI is InChI=1S/C14H21NO5S/c1-10(2)12(9-19-3)15-21(17,18)13-8-6-5-7-11(13)14(16)20-4/h5-8,10,12,15H,9H2,1-4H3. The topological polar surface area (TPSA) is 81.7 Å². The SMILES string of the molecule is COCC(NS(=O)(=O)c1ccccc1C(=O)OC)C(C)C. The van der Waals surface area contributed by atoms with Gasteiger partial charge in [-0.3, -0.25) is 0 Å². The zero-order chi connectivity index (χ0) is 16.0. The fraction of sp³-hybridized carbons (Fsp3) is 0.500. The number of ether oxygens (including phenoxy) is 2.